The SMILES string of the molecule is C/C=C(/C)C(=O)N1CCCC1C(=O)O. The lowest BCUT2D eigenvalue weighted by molar-refractivity contribution is -0.146. The molecule has 4 nitrogen and oxygen atoms in total. The number of hydrogen-bond donors (Lipinski definition) is 1. The van der Waals surface area contributed by atoms with E-state index in [0.717, 1.165) is 6.42 Å². The van der Waals surface area contributed by atoms with Crippen LogP contribution in [0.5, 0.6) is 0 Å². The molecule has 0 spiro atoms. The number of aliphatic carboxylic acids is 1. The van der Waals surface area contributed by atoms with Crippen LogP contribution < -0.4 is 0 Å². The first-order chi connectivity index (χ1) is 6.57. The molecular formula is C10H15NO3. The molecule has 1 heterocycles. The van der Waals surface area contributed by atoms with Gasteiger partial charge in [0.05, 0.1) is 0 Å². The molecule has 0 aromatic rings. The van der Waals surface area contributed by atoms with Gasteiger partial charge in [-0.1, -0.05) is 6.08 Å². The number of rotatable bonds is 2. The number of carbonyl (C=O) groups is 2. The molecule has 1 fully saturated rings. The van der Waals surface area contributed by atoms with Gasteiger partial charge in [-0.25, -0.2) is 4.79 Å². The Morgan fingerprint density at radius 3 is 2.64 bits per heavy atom. The second kappa shape index (κ2) is 4.26. The third kappa shape index (κ3) is 1.95. The maximum Gasteiger partial charge on any atom is 0.326 e. The highest BCUT2D eigenvalue weighted by Crippen LogP contribution is 2.19. The zero-order valence-corrected chi connectivity index (χ0v) is 8.49. The second-order valence-corrected chi connectivity index (χ2v) is 3.47. The van der Waals surface area contributed by atoms with Gasteiger partial charge in [0.1, 0.15) is 6.04 Å². The second-order valence-electron chi connectivity index (χ2n) is 3.47. The summed E-state index contributed by atoms with van der Waals surface area (Å²) in [5.41, 5.74) is 0.609. The van der Waals surface area contributed by atoms with Crippen LogP contribution in [0.3, 0.4) is 0 Å². The first kappa shape index (κ1) is 10.8. The Hall–Kier alpha value is -1.32. The van der Waals surface area contributed by atoms with E-state index in [1.807, 2.05) is 0 Å². The standard InChI is InChI=1S/C10H15NO3/c1-3-7(2)9(12)11-6-4-5-8(11)10(13)14/h3,8H,4-6H2,1-2H3,(H,13,14)/b7-3-. The Bertz CT molecular complexity index is 283. The summed E-state index contributed by atoms with van der Waals surface area (Å²) >= 11 is 0. The van der Waals surface area contributed by atoms with Crippen molar-refractivity contribution in [2.75, 3.05) is 6.54 Å². The minimum Gasteiger partial charge on any atom is -0.480 e. The van der Waals surface area contributed by atoms with Crippen LogP contribution in [-0.4, -0.2) is 34.5 Å². The van der Waals surface area contributed by atoms with Crippen molar-refractivity contribution >= 4 is 11.9 Å². The average Bonchev–Trinajstić information content (AvgIpc) is 2.63. The number of likely N-dealkylation sites (tertiary alicyclic amines) is 1. The summed E-state index contributed by atoms with van der Waals surface area (Å²) < 4.78 is 0. The van der Waals surface area contributed by atoms with Crippen molar-refractivity contribution in [3.8, 4) is 0 Å². The normalized spacial score (nSPS) is 22.6. The summed E-state index contributed by atoms with van der Waals surface area (Å²) in [6.45, 7) is 4.04. The van der Waals surface area contributed by atoms with Gasteiger partial charge in [0, 0.05) is 12.1 Å². The Balaban J connectivity index is 2.77. The Morgan fingerprint density at radius 2 is 2.14 bits per heavy atom. The number of carbonyl (C=O) groups excluding carboxylic acids is 1. The highest BCUT2D eigenvalue weighted by Gasteiger charge is 2.33. The molecule has 1 unspecified atom stereocenters. The summed E-state index contributed by atoms with van der Waals surface area (Å²) in [4.78, 5) is 23.9. The van der Waals surface area contributed by atoms with E-state index in [4.69, 9.17) is 5.11 Å². The van der Waals surface area contributed by atoms with Gasteiger partial charge in [-0.15, -0.1) is 0 Å². The van der Waals surface area contributed by atoms with E-state index in [-0.39, 0.29) is 5.91 Å². The van der Waals surface area contributed by atoms with Crippen LogP contribution in [0.1, 0.15) is 26.7 Å². The average molecular weight is 197 g/mol. The molecule has 0 aliphatic carbocycles. The fourth-order valence-electron chi connectivity index (χ4n) is 1.62. The van der Waals surface area contributed by atoms with Crippen LogP contribution >= 0.6 is 0 Å². The van der Waals surface area contributed by atoms with Crippen molar-refractivity contribution < 1.29 is 14.7 Å². The van der Waals surface area contributed by atoms with Crippen LogP contribution in [0.15, 0.2) is 11.6 Å². The zero-order valence-electron chi connectivity index (χ0n) is 8.49. The molecule has 0 bridgehead atoms. The molecule has 1 amide bonds. The van der Waals surface area contributed by atoms with Crippen LogP contribution in [-0.2, 0) is 9.59 Å². The fourth-order valence-corrected chi connectivity index (χ4v) is 1.62. The quantitative estimate of drug-likeness (QED) is 0.672. The number of carboxylic acids is 1. The Labute approximate surface area is 83.2 Å². The molecule has 1 N–H and O–H groups in total. The first-order valence-corrected chi connectivity index (χ1v) is 4.74. The molecule has 1 saturated heterocycles. The number of hydrogen-bond acceptors (Lipinski definition) is 2. The maximum absolute atomic E-state index is 11.7. The predicted molar refractivity (Wildman–Crippen MR) is 51.8 cm³/mol. The van der Waals surface area contributed by atoms with Gasteiger partial charge in [0.25, 0.3) is 0 Å². The summed E-state index contributed by atoms with van der Waals surface area (Å²) in [7, 11) is 0. The third-order valence-electron chi connectivity index (χ3n) is 2.57. The molecule has 14 heavy (non-hydrogen) atoms. The van der Waals surface area contributed by atoms with Crippen LogP contribution in [0.4, 0.5) is 0 Å². The Morgan fingerprint density at radius 1 is 1.50 bits per heavy atom. The highest BCUT2D eigenvalue weighted by molar-refractivity contribution is 5.95. The van der Waals surface area contributed by atoms with Gasteiger partial charge in [0.2, 0.25) is 5.91 Å². The lowest BCUT2D eigenvalue weighted by atomic mass is 10.2. The van der Waals surface area contributed by atoms with Gasteiger partial charge in [-0.2, -0.15) is 0 Å². The van der Waals surface area contributed by atoms with Crippen molar-refractivity contribution in [1.82, 2.24) is 4.90 Å². The first-order valence-electron chi connectivity index (χ1n) is 4.74. The van der Waals surface area contributed by atoms with Crippen molar-refractivity contribution in [2.24, 2.45) is 0 Å². The lowest BCUT2D eigenvalue weighted by Crippen LogP contribution is -2.40. The minimum atomic E-state index is -0.903. The summed E-state index contributed by atoms with van der Waals surface area (Å²) in [6, 6.07) is -0.627. The zero-order chi connectivity index (χ0) is 10.7. The van der Waals surface area contributed by atoms with E-state index in [1.54, 1.807) is 19.9 Å². The molecule has 0 aromatic heterocycles. The Kier molecular flexibility index (Phi) is 3.28. The fraction of sp³-hybridized carbons (Fsp3) is 0.600. The van der Waals surface area contributed by atoms with E-state index < -0.39 is 12.0 Å². The molecule has 4 heteroatoms. The number of allylic oxidation sites excluding steroid dienone is 1. The van der Waals surface area contributed by atoms with Crippen LogP contribution in [0, 0.1) is 0 Å². The van der Waals surface area contributed by atoms with Gasteiger partial charge in [-0.3, -0.25) is 4.79 Å². The molecule has 78 valence electrons. The number of nitrogens with zero attached hydrogens (tertiary/aromatic N) is 1. The molecule has 0 aromatic carbocycles. The largest absolute Gasteiger partial charge is 0.480 e. The van der Waals surface area contributed by atoms with E-state index in [9.17, 15) is 9.59 Å². The van der Waals surface area contributed by atoms with Crippen LogP contribution in [0.25, 0.3) is 0 Å². The minimum absolute atomic E-state index is 0.155. The van der Waals surface area contributed by atoms with Crippen molar-refractivity contribution in [1.29, 1.82) is 0 Å². The predicted octanol–water partition coefficient (Wildman–Crippen LogP) is 1.03. The smallest absolute Gasteiger partial charge is 0.326 e. The molecule has 1 aliphatic heterocycles. The van der Waals surface area contributed by atoms with E-state index in [2.05, 4.69) is 0 Å². The van der Waals surface area contributed by atoms with Crippen molar-refractivity contribution in [3.05, 3.63) is 11.6 Å². The van der Waals surface area contributed by atoms with E-state index in [1.165, 1.54) is 4.90 Å². The van der Waals surface area contributed by atoms with Crippen molar-refractivity contribution in [2.45, 2.75) is 32.7 Å². The van der Waals surface area contributed by atoms with Gasteiger partial charge < -0.3 is 10.0 Å². The molecular weight excluding hydrogens is 182 g/mol. The molecule has 1 rings (SSSR count). The van der Waals surface area contributed by atoms with Gasteiger partial charge in [-0.05, 0) is 26.7 Å². The summed E-state index contributed by atoms with van der Waals surface area (Å²) in [5.74, 6) is -1.06. The van der Waals surface area contributed by atoms with Gasteiger partial charge >= 0.3 is 5.97 Å². The monoisotopic (exact) mass is 197 g/mol. The molecule has 0 saturated carbocycles. The lowest BCUT2D eigenvalue weighted by Gasteiger charge is -2.21. The molecule has 1 aliphatic rings. The van der Waals surface area contributed by atoms with E-state index in [0.29, 0.717) is 18.5 Å². The third-order valence-corrected chi connectivity index (χ3v) is 2.57. The number of amides is 1. The summed E-state index contributed by atoms with van der Waals surface area (Å²) in [5, 5.41) is 8.87. The summed E-state index contributed by atoms with van der Waals surface area (Å²) in [6.07, 6.45) is 3.05. The van der Waals surface area contributed by atoms with Gasteiger partial charge in [0.15, 0.2) is 0 Å². The number of carboxylic acid groups (broad SMARTS) is 1. The molecule has 1 atom stereocenters. The topological polar surface area (TPSA) is 57.6 Å². The highest BCUT2D eigenvalue weighted by atomic mass is 16.4. The van der Waals surface area contributed by atoms with Crippen LogP contribution in [0.2, 0.25) is 0 Å². The van der Waals surface area contributed by atoms with Crippen molar-refractivity contribution in [3.63, 3.8) is 0 Å². The van der Waals surface area contributed by atoms with E-state index >= 15 is 0 Å². The molecule has 0 radical (unpaired) electrons. The maximum atomic E-state index is 11.7.